The van der Waals surface area contributed by atoms with Gasteiger partial charge in [0.2, 0.25) is 0 Å². The summed E-state index contributed by atoms with van der Waals surface area (Å²) < 4.78 is 0. The average molecular weight is 150 g/mol. The molecule has 1 atom stereocenters. The minimum Gasteiger partial charge on any atom is -0.309 e. The molecule has 0 bridgehead atoms. The van der Waals surface area contributed by atoms with Crippen LogP contribution in [0.3, 0.4) is 0 Å². The first-order valence-electron chi connectivity index (χ1n) is 1.83. The third kappa shape index (κ3) is 2.39. The second-order valence-electron chi connectivity index (χ2n) is 1.30. The summed E-state index contributed by atoms with van der Waals surface area (Å²) in [5.41, 5.74) is 0.676. The molecule has 1 N–H and O–H groups in total. The molecule has 0 aliphatic heterocycles. The Morgan fingerprint density at radius 3 is 2.00 bits per heavy atom. The van der Waals surface area contributed by atoms with Crippen LogP contribution in [0.15, 0.2) is 0 Å². The van der Waals surface area contributed by atoms with E-state index in [-0.39, 0.29) is 4.83 Å². The molecule has 0 amide bonds. The highest BCUT2D eigenvalue weighted by Gasteiger charge is 1.92. The second kappa shape index (κ2) is 2.35. The SMILES string of the molecule is CC(=N)C(C)Br. The molecular weight excluding hydrogens is 142 g/mol. The van der Waals surface area contributed by atoms with Gasteiger partial charge in [-0.05, 0) is 13.8 Å². The van der Waals surface area contributed by atoms with Crippen molar-refractivity contribution < 1.29 is 0 Å². The summed E-state index contributed by atoms with van der Waals surface area (Å²) in [4.78, 5) is 0.248. The molecule has 0 saturated carbocycles. The van der Waals surface area contributed by atoms with Gasteiger partial charge in [-0.1, -0.05) is 15.9 Å². The van der Waals surface area contributed by atoms with E-state index in [4.69, 9.17) is 5.41 Å². The van der Waals surface area contributed by atoms with Crippen LogP contribution in [0, 0.1) is 5.41 Å². The predicted octanol–water partition coefficient (Wildman–Crippen LogP) is 1.81. The van der Waals surface area contributed by atoms with Crippen molar-refractivity contribution in [3.8, 4) is 0 Å². The molecule has 2 heteroatoms. The van der Waals surface area contributed by atoms with Gasteiger partial charge in [-0.25, -0.2) is 0 Å². The van der Waals surface area contributed by atoms with Gasteiger partial charge in [0.1, 0.15) is 0 Å². The number of hydrogen-bond donors (Lipinski definition) is 1. The van der Waals surface area contributed by atoms with E-state index in [1.807, 2.05) is 6.92 Å². The van der Waals surface area contributed by atoms with Gasteiger partial charge in [0.25, 0.3) is 0 Å². The lowest BCUT2D eigenvalue weighted by Gasteiger charge is -1.93. The van der Waals surface area contributed by atoms with Crippen molar-refractivity contribution in [2.24, 2.45) is 0 Å². The maximum absolute atomic E-state index is 6.90. The molecule has 0 aromatic heterocycles. The molecule has 0 aromatic carbocycles. The van der Waals surface area contributed by atoms with Gasteiger partial charge in [0, 0.05) is 10.5 Å². The largest absolute Gasteiger partial charge is 0.309 e. The molecule has 0 rings (SSSR count). The van der Waals surface area contributed by atoms with Crippen LogP contribution in [0.1, 0.15) is 13.8 Å². The fraction of sp³-hybridized carbons (Fsp3) is 0.750. The van der Waals surface area contributed by atoms with Crippen LogP contribution < -0.4 is 0 Å². The molecule has 1 unspecified atom stereocenters. The van der Waals surface area contributed by atoms with Crippen molar-refractivity contribution in [3.63, 3.8) is 0 Å². The lowest BCUT2D eigenvalue weighted by Crippen LogP contribution is -2.00. The number of nitrogens with one attached hydrogen (secondary N) is 1. The Kier molecular flexibility index (Phi) is 2.40. The van der Waals surface area contributed by atoms with Crippen molar-refractivity contribution in [3.05, 3.63) is 0 Å². The fourth-order valence-electron chi connectivity index (χ4n) is 0. The van der Waals surface area contributed by atoms with Crippen LogP contribution >= 0.6 is 15.9 Å². The summed E-state index contributed by atoms with van der Waals surface area (Å²) in [5.74, 6) is 0. The molecule has 0 fully saturated rings. The Morgan fingerprint density at radius 1 is 1.83 bits per heavy atom. The summed E-state index contributed by atoms with van der Waals surface area (Å²) in [5, 5.41) is 6.90. The van der Waals surface area contributed by atoms with Gasteiger partial charge >= 0.3 is 0 Å². The van der Waals surface area contributed by atoms with Crippen LogP contribution in [-0.4, -0.2) is 10.5 Å². The average Bonchev–Trinajstić information content (AvgIpc) is 1.36. The maximum Gasteiger partial charge on any atom is 0.0490 e. The lowest BCUT2D eigenvalue weighted by atomic mass is 10.3. The van der Waals surface area contributed by atoms with E-state index in [2.05, 4.69) is 15.9 Å². The van der Waals surface area contributed by atoms with Crippen molar-refractivity contribution in [1.29, 1.82) is 5.41 Å². The molecule has 0 aliphatic carbocycles. The third-order valence-corrected chi connectivity index (χ3v) is 1.28. The van der Waals surface area contributed by atoms with Crippen LogP contribution in [0.4, 0.5) is 0 Å². The van der Waals surface area contributed by atoms with Crippen LogP contribution in [0.5, 0.6) is 0 Å². The second-order valence-corrected chi connectivity index (χ2v) is 2.67. The molecule has 36 valence electrons. The number of alkyl halides is 1. The zero-order valence-electron chi connectivity index (χ0n) is 3.96. The van der Waals surface area contributed by atoms with E-state index < -0.39 is 0 Å². The summed E-state index contributed by atoms with van der Waals surface area (Å²) in [6, 6.07) is 0. The van der Waals surface area contributed by atoms with E-state index in [9.17, 15) is 0 Å². The minimum atomic E-state index is 0.248. The number of hydrogen-bond acceptors (Lipinski definition) is 1. The zero-order chi connectivity index (χ0) is 5.15. The summed E-state index contributed by atoms with van der Waals surface area (Å²) in [7, 11) is 0. The Labute approximate surface area is 46.4 Å². The lowest BCUT2D eigenvalue weighted by molar-refractivity contribution is 1.27. The van der Waals surface area contributed by atoms with Crippen molar-refractivity contribution in [2.75, 3.05) is 0 Å². The van der Waals surface area contributed by atoms with E-state index in [0.717, 1.165) is 0 Å². The van der Waals surface area contributed by atoms with E-state index in [1.54, 1.807) is 6.92 Å². The molecule has 6 heavy (non-hydrogen) atoms. The Bertz CT molecular complexity index is 58.6. The molecular formula is C4H8BrN. The van der Waals surface area contributed by atoms with Gasteiger partial charge in [-0.15, -0.1) is 0 Å². The Morgan fingerprint density at radius 2 is 2.00 bits per heavy atom. The third-order valence-electron chi connectivity index (χ3n) is 0.597. The Hall–Kier alpha value is 0.150. The highest BCUT2D eigenvalue weighted by atomic mass is 79.9. The molecule has 0 saturated heterocycles. The van der Waals surface area contributed by atoms with Gasteiger partial charge in [0.05, 0.1) is 0 Å². The number of halogens is 1. The summed E-state index contributed by atoms with van der Waals surface area (Å²) >= 11 is 3.21. The monoisotopic (exact) mass is 149 g/mol. The molecule has 0 spiro atoms. The number of rotatable bonds is 1. The van der Waals surface area contributed by atoms with Crippen LogP contribution in [0.25, 0.3) is 0 Å². The molecule has 0 aliphatic rings. The van der Waals surface area contributed by atoms with Crippen LogP contribution in [-0.2, 0) is 0 Å². The molecule has 0 aromatic rings. The van der Waals surface area contributed by atoms with E-state index >= 15 is 0 Å². The minimum absolute atomic E-state index is 0.248. The highest BCUT2D eigenvalue weighted by Crippen LogP contribution is 1.96. The predicted molar refractivity (Wildman–Crippen MR) is 31.8 cm³/mol. The van der Waals surface area contributed by atoms with Crippen molar-refractivity contribution >= 4 is 21.6 Å². The maximum atomic E-state index is 6.90. The van der Waals surface area contributed by atoms with E-state index in [0.29, 0.717) is 5.71 Å². The van der Waals surface area contributed by atoms with Crippen molar-refractivity contribution in [1.82, 2.24) is 0 Å². The quantitative estimate of drug-likeness (QED) is 0.435. The van der Waals surface area contributed by atoms with Gasteiger partial charge < -0.3 is 5.41 Å². The highest BCUT2D eigenvalue weighted by molar-refractivity contribution is 9.10. The summed E-state index contributed by atoms with van der Waals surface area (Å²) in [6.45, 7) is 3.71. The van der Waals surface area contributed by atoms with Crippen molar-refractivity contribution in [2.45, 2.75) is 18.7 Å². The normalized spacial score (nSPS) is 13.8. The first kappa shape index (κ1) is 6.15. The smallest absolute Gasteiger partial charge is 0.0490 e. The van der Waals surface area contributed by atoms with Crippen LogP contribution in [0.2, 0.25) is 0 Å². The molecule has 0 radical (unpaired) electrons. The molecule has 1 nitrogen and oxygen atoms in total. The van der Waals surface area contributed by atoms with E-state index in [1.165, 1.54) is 0 Å². The Balaban J connectivity index is 3.26. The standard InChI is InChI=1S/C4H8BrN/c1-3(5)4(2)6/h3,6H,1-2H3. The zero-order valence-corrected chi connectivity index (χ0v) is 5.54. The van der Waals surface area contributed by atoms with Gasteiger partial charge in [-0.2, -0.15) is 0 Å². The first-order valence-corrected chi connectivity index (χ1v) is 2.75. The summed E-state index contributed by atoms with van der Waals surface area (Å²) in [6.07, 6.45) is 0. The topological polar surface area (TPSA) is 23.9 Å². The molecule has 0 heterocycles. The van der Waals surface area contributed by atoms with Gasteiger partial charge in [0.15, 0.2) is 0 Å². The fourth-order valence-corrected chi connectivity index (χ4v) is 0. The first-order chi connectivity index (χ1) is 2.64. The van der Waals surface area contributed by atoms with Gasteiger partial charge in [-0.3, -0.25) is 0 Å².